The third kappa shape index (κ3) is 4.77. The van der Waals surface area contributed by atoms with Gasteiger partial charge in [0.05, 0.1) is 17.6 Å². The second-order valence-electron chi connectivity index (χ2n) is 6.52. The second kappa shape index (κ2) is 8.94. The monoisotopic (exact) mass is 435 g/mol. The Morgan fingerprint density at radius 2 is 1.90 bits per heavy atom. The van der Waals surface area contributed by atoms with Crippen LogP contribution in [-0.4, -0.2) is 37.0 Å². The first-order chi connectivity index (χ1) is 13.8. The molecule has 154 valence electrons. The Morgan fingerprint density at radius 3 is 2.55 bits per heavy atom. The normalized spacial score (nSPS) is 11.8. The first-order valence-corrected chi connectivity index (χ1v) is 10.9. The number of methoxy groups -OCH3 is 1. The quantitative estimate of drug-likeness (QED) is 0.527. The van der Waals surface area contributed by atoms with Crippen molar-refractivity contribution in [2.24, 2.45) is 0 Å². The first-order valence-electron chi connectivity index (χ1n) is 9.07. The van der Waals surface area contributed by atoms with Gasteiger partial charge in [0.1, 0.15) is 5.75 Å². The summed E-state index contributed by atoms with van der Waals surface area (Å²) in [5, 5.41) is 4.53. The largest absolute Gasteiger partial charge is 0.496 e. The zero-order chi connectivity index (χ0) is 21.0. The number of ether oxygens (including phenoxy) is 1. The molecule has 0 radical (unpaired) electrons. The van der Waals surface area contributed by atoms with Gasteiger partial charge in [-0.05, 0) is 42.3 Å². The van der Waals surface area contributed by atoms with Crippen molar-refractivity contribution in [3.63, 3.8) is 0 Å². The molecule has 1 aromatic heterocycles. The van der Waals surface area contributed by atoms with Gasteiger partial charge >= 0.3 is 0 Å². The third-order valence-corrected chi connectivity index (χ3v) is 6.42. The molecular formula is C20H22ClN3O4S. The Balaban J connectivity index is 1.93. The minimum absolute atomic E-state index is 0.111. The molecule has 0 amide bonds. The molecule has 7 nitrogen and oxygen atoms in total. The van der Waals surface area contributed by atoms with Crippen LogP contribution in [0.2, 0.25) is 5.02 Å². The minimum atomic E-state index is -3.75. The number of sulfonamides is 1. The van der Waals surface area contributed by atoms with Gasteiger partial charge in [0, 0.05) is 25.0 Å². The summed E-state index contributed by atoms with van der Waals surface area (Å²) in [7, 11) is -0.721. The van der Waals surface area contributed by atoms with Crippen LogP contribution in [0.5, 0.6) is 5.75 Å². The van der Waals surface area contributed by atoms with Crippen molar-refractivity contribution < 1.29 is 17.7 Å². The summed E-state index contributed by atoms with van der Waals surface area (Å²) in [5.74, 6) is 1.25. The molecule has 1 heterocycles. The molecule has 3 aromatic rings. The molecule has 0 bridgehead atoms. The van der Waals surface area contributed by atoms with Crippen molar-refractivity contribution in [3.05, 3.63) is 58.9 Å². The van der Waals surface area contributed by atoms with Gasteiger partial charge < -0.3 is 9.26 Å². The highest BCUT2D eigenvalue weighted by Crippen LogP contribution is 2.32. The fourth-order valence-corrected chi connectivity index (χ4v) is 4.13. The molecule has 0 N–H and O–H groups in total. The van der Waals surface area contributed by atoms with Crippen LogP contribution in [0, 0.1) is 0 Å². The molecule has 2 aromatic carbocycles. The zero-order valence-electron chi connectivity index (χ0n) is 16.4. The predicted octanol–water partition coefficient (Wildman–Crippen LogP) is 4.17. The summed E-state index contributed by atoms with van der Waals surface area (Å²) < 4.78 is 38.1. The average molecular weight is 436 g/mol. The van der Waals surface area contributed by atoms with Gasteiger partial charge in [-0.3, -0.25) is 0 Å². The highest BCUT2D eigenvalue weighted by atomic mass is 35.5. The van der Waals surface area contributed by atoms with Crippen LogP contribution in [0.4, 0.5) is 0 Å². The maximum atomic E-state index is 13.1. The maximum absolute atomic E-state index is 13.1. The second-order valence-corrected chi connectivity index (χ2v) is 9.00. The summed E-state index contributed by atoms with van der Waals surface area (Å²) in [6, 6.07) is 11.6. The Morgan fingerprint density at radius 1 is 1.17 bits per heavy atom. The Bertz CT molecular complexity index is 1080. The minimum Gasteiger partial charge on any atom is -0.496 e. The smallest absolute Gasteiger partial charge is 0.261 e. The van der Waals surface area contributed by atoms with Gasteiger partial charge in [0.25, 0.3) is 5.89 Å². The predicted molar refractivity (Wildman–Crippen MR) is 110 cm³/mol. The molecule has 0 spiro atoms. The lowest BCUT2D eigenvalue weighted by Gasteiger charge is -2.18. The topological polar surface area (TPSA) is 85.5 Å². The van der Waals surface area contributed by atoms with Crippen molar-refractivity contribution in [2.45, 2.75) is 31.2 Å². The molecule has 3 rings (SSSR count). The van der Waals surface area contributed by atoms with Crippen LogP contribution in [0.15, 0.2) is 51.9 Å². The summed E-state index contributed by atoms with van der Waals surface area (Å²) in [5.41, 5.74) is 1.26. The standard InChI is InChI=1S/C20H22ClN3O4S/c1-4-5-19-22-20(28-23-19)17-12-16(10-11-18(17)27-3)29(25,26)24(2)13-14-6-8-15(21)9-7-14/h6-12H,4-5,13H2,1-3H3. The van der Waals surface area contributed by atoms with Crippen LogP contribution in [0.25, 0.3) is 11.5 Å². The van der Waals surface area contributed by atoms with Gasteiger partial charge in [-0.2, -0.15) is 9.29 Å². The van der Waals surface area contributed by atoms with E-state index in [-0.39, 0.29) is 17.3 Å². The molecule has 0 aliphatic heterocycles. The van der Waals surface area contributed by atoms with E-state index in [1.165, 1.54) is 30.6 Å². The Hall–Kier alpha value is -2.42. The van der Waals surface area contributed by atoms with Crippen molar-refractivity contribution >= 4 is 21.6 Å². The molecule has 0 fully saturated rings. The van der Waals surface area contributed by atoms with E-state index in [1.54, 1.807) is 30.3 Å². The third-order valence-electron chi connectivity index (χ3n) is 4.37. The number of benzene rings is 2. The first kappa shape index (κ1) is 21.3. The fraction of sp³-hybridized carbons (Fsp3) is 0.300. The van der Waals surface area contributed by atoms with E-state index in [1.807, 2.05) is 6.92 Å². The summed E-state index contributed by atoms with van der Waals surface area (Å²) >= 11 is 5.90. The number of hydrogen-bond donors (Lipinski definition) is 0. The van der Waals surface area contributed by atoms with Crippen molar-refractivity contribution in [1.29, 1.82) is 0 Å². The Labute approximate surface area is 175 Å². The van der Waals surface area contributed by atoms with Crippen LogP contribution < -0.4 is 4.74 Å². The van der Waals surface area contributed by atoms with Crippen molar-refractivity contribution in [2.75, 3.05) is 14.2 Å². The van der Waals surface area contributed by atoms with Gasteiger partial charge in [0.15, 0.2) is 5.82 Å². The molecule has 29 heavy (non-hydrogen) atoms. The molecule has 0 saturated carbocycles. The molecule has 0 saturated heterocycles. The highest BCUT2D eigenvalue weighted by molar-refractivity contribution is 7.89. The lowest BCUT2D eigenvalue weighted by atomic mass is 10.2. The number of aryl methyl sites for hydroxylation is 1. The fourth-order valence-electron chi connectivity index (χ4n) is 2.82. The molecular weight excluding hydrogens is 414 g/mol. The molecule has 0 aliphatic rings. The van der Waals surface area contributed by atoms with E-state index >= 15 is 0 Å². The van der Waals surface area contributed by atoms with Crippen LogP contribution in [0.3, 0.4) is 0 Å². The van der Waals surface area contributed by atoms with Crippen molar-refractivity contribution in [3.8, 4) is 17.2 Å². The summed E-state index contributed by atoms with van der Waals surface area (Å²) in [6.07, 6.45) is 1.55. The molecule has 0 unspecified atom stereocenters. The summed E-state index contributed by atoms with van der Waals surface area (Å²) in [6.45, 7) is 2.22. The molecule has 9 heteroatoms. The average Bonchev–Trinajstić information content (AvgIpc) is 3.18. The van der Waals surface area contributed by atoms with Crippen LogP contribution in [0.1, 0.15) is 24.7 Å². The molecule has 0 aliphatic carbocycles. The van der Waals surface area contributed by atoms with Crippen LogP contribution >= 0.6 is 11.6 Å². The number of rotatable bonds is 8. The zero-order valence-corrected chi connectivity index (χ0v) is 18.0. The van der Waals surface area contributed by atoms with E-state index in [0.717, 1.165) is 12.0 Å². The summed E-state index contributed by atoms with van der Waals surface area (Å²) in [4.78, 5) is 4.46. The van der Waals surface area contributed by atoms with Gasteiger partial charge in [-0.1, -0.05) is 35.8 Å². The number of nitrogens with zero attached hydrogens (tertiary/aromatic N) is 3. The molecule has 0 atom stereocenters. The van der Waals surface area contributed by atoms with Gasteiger partial charge in [-0.25, -0.2) is 8.42 Å². The van der Waals surface area contributed by atoms with Crippen molar-refractivity contribution in [1.82, 2.24) is 14.4 Å². The number of hydrogen-bond acceptors (Lipinski definition) is 6. The van der Waals surface area contributed by atoms with E-state index in [0.29, 0.717) is 28.6 Å². The number of aromatic nitrogens is 2. The highest BCUT2D eigenvalue weighted by Gasteiger charge is 2.24. The SMILES string of the molecule is CCCc1noc(-c2cc(S(=O)(=O)N(C)Cc3ccc(Cl)cc3)ccc2OC)n1. The lowest BCUT2D eigenvalue weighted by molar-refractivity contribution is 0.402. The maximum Gasteiger partial charge on any atom is 0.261 e. The van der Waals surface area contributed by atoms with E-state index in [9.17, 15) is 8.42 Å². The number of halogens is 1. The van der Waals surface area contributed by atoms with Gasteiger partial charge in [-0.15, -0.1) is 0 Å². The van der Waals surface area contributed by atoms with E-state index < -0.39 is 10.0 Å². The Kier molecular flexibility index (Phi) is 6.56. The van der Waals surface area contributed by atoms with Gasteiger partial charge in [0.2, 0.25) is 10.0 Å². The van der Waals surface area contributed by atoms with Crippen LogP contribution in [-0.2, 0) is 23.0 Å². The lowest BCUT2D eigenvalue weighted by Crippen LogP contribution is -2.26. The van der Waals surface area contributed by atoms with E-state index in [4.69, 9.17) is 20.9 Å². The van der Waals surface area contributed by atoms with E-state index in [2.05, 4.69) is 10.1 Å².